The van der Waals surface area contributed by atoms with Gasteiger partial charge >= 0.3 is 0 Å². The molecule has 17 heavy (non-hydrogen) atoms. The number of rotatable bonds is 7. The Hall–Kier alpha value is -0.680. The van der Waals surface area contributed by atoms with Gasteiger partial charge in [0.15, 0.2) is 0 Å². The van der Waals surface area contributed by atoms with Crippen LogP contribution in [0.5, 0.6) is 0 Å². The van der Waals surface area contributed by atoms with Crippen LogP contribution in [0.1, 0.15) is 5.56 Å². The Balaban J connectivity index is 2.42. The lowest BCUT2D eigenvalue weighted by Crippen LogP contribution is -2.20. The molecule has 1 rings (SSSR count). The van der Waals surface area contributed by atoms with Crippen LogP contribution in [0.15, 0.2) is 18.2 Å². The summed E-state index contributed by atoms with van der Waals surface area (Å²) in [5.74, 6) is -0.409. The minimum Gasteiger partial charge on any atom is -0.390 e. The number of ether oxygens (including phenoxy) is 2. The molecule has 0 aliphatic rings. The summed E-state index contributed by atoms with van der Waals surface area (Å²) in [5.41, 5.74) is 0.317. The molecular weight excluding hydrogens is 247 g/mol. The van der Waals surface area contributed by atoms with E-state index < -0.39 is 11.9 Å². The molecule has 1 atom stereocenters. The van der Waals surface area contributed by atoms with Crippen LogP contribution in [-0.4, -0.2) is 38.1 Å². The maximum atomic E-state index is 13.4. The van der Waals surface area contributed by atoms with Crippen molar-refractivity contribution in [2.75, 3.05) is 26.9 Å². The molecule has 0 amide bonds. The Labute approximate surface area is 105 Å². The number of hydrogen-bond donors (Lipinski definition) is 1. The van der Waals surface area contributed by atoms with Gasteiger partial charge in [-0.05, 0) is 12.1 Å². The first-order chi connectivity index (χ1) is 8.15. The zero-order valence-corrected chi connectivity index (χ0v) is 10.4. The predicted octanol–water partition coefficient (Wildman–Crippen LogP) is 2.05. The average molecular weight is 263 g/mol. The van der Waals surface area contributed by atoms with Crippen molar-refractivity contribution in [3.8, 4) is 0 Å². The molecule has 5 heteroatoms. The summed E-state index contributed by atoms with van der Waals surface area (Å²) >= 11 is 5.85. The van der Waals surface area contributed by atoms with Gasteiger partial charge in [0.05, 0.1) is 25.9 Å². The fraction of sp³-hybridized carbons (Fsp3) is 0.500. The number of aliphatic hydroxyl groups is 1. The van der Waals surface area contributed by atoms with Gasteiger partial charge in [-0.1, -0.05) is 17.7 Å². The largest absolute Gasteiger partial charge is 0.390 e. The van der Waals surface area contributed by atoms with Crippen molar-refractivity contribution in [3.63, 3.8) is 0 Å². The quantitative estimate of drug-likeness (QED) is 0.765. The van der Waals surface area contributed by atoms with Crippen molar-refractivity contribution in [2.45, 2.75) is 12.5 Å². The molecule has 0 aliphatic heterocycles. The molecule has 0 radical (unpaired) electrons. The van der Waals surface area contributed by atoms with Gasteiger partial charge in [0.2, 0.25) is 0 Å². The second kappa shape index (κ2) is 7.61. The highest BCUT2D eigenvalue weighted by Gasteiger charge is 2.12. The molecule has 96 valence electrons. The molecule has 0 aromatic heterocycles. The van der Waals surface area contributed by atoms with Crippen LogP contribution in [0, 0.1) is 5.82 Å². The van der Waals surface area contributed by atoms with Gasteiger partial charge in [-0.3, -0.25) is 0 Å². The third-order valence-electron chi connectivity index (χ3n) is 2.24. The Morgan fingerprint density at radius 3 is 2.82 bits per heavy atom. The van der Waals surface area contributed by atoms with E-state index in [1.165, 1.54) is 12.1 Å². The number of hydrogen-bond acceptors (Lipinski definition) is 3. The van der Waals surface area contributed by atoms with Crippen LogP contribution >= 0.6 is 11.6 Å². The molecule has 0 heterocycles. The van der Waals surface area contributed by atoms with Crippen LogP contribution in [-0.2, 0) is 15.9 Å². The fourth-order valence-electron chi connectivity index (χ4n) is 1.38. The topological polar surface area (TPSA) is 38.7 Å². The van der Waals surface area contributed by atoms with Crippen molar-refractivity contribution in [1.29, 1.82) is 0 Å². The van der Waals surface area contributed by atoms with Crippen molar-refractivity contribution >= 4 is 11.6 Å². The van der Waals surface area contributed by atoms with E-state index in [4.69, 9.17) is 21.1 Å². The first-order valence-corrected chi connectivity index (χ1v) is 5.70. The minimum absolute atomic E-state index is 0.133. The van der Waals surface area contributed by atoms with E-state index >= 15 is 0 Å². The molecule has 0 saturated heterocycles. The highest BCUT2D eigenvalue weighted by atomic mass is 35.5. The van der Waals surface area contributed by atoms with Gasteiger partial charge in [0.1, 0.15) is 5.82 Å². The molecule has 1 aromatic carbocycles. The molecular formula is C12H16ClFO3. The van der Waals surface area contributed by atoms with Gasteiger partial charge in [-0.25, -0.2) is 4.39 Å². The molecule has 0 saturated carbocycles. The van der Waals surface area contributed by atoms with Crippen molar-refractivity contribution in [1.82, 2.24) is 0 Å². The molecule has 0 fully saturated rings. The summed E-state index contributed by atoms with van der Waals surface area (Å²) < 4.78 is 23.3. The smallest absolute Gasteiger partial charge is 0.127 e. The van der Waals surface area contributed by atoms with E-state index in [2.05, 4.69) is 0 Å². The summed E-state index contributed by atoms with van der Waals surface area (Å²) in [5, 5.41) is 9.98. The molecule has 1 unspecified atom stereocenters. The average Bonchev–Trinajstić information content (AvgIpc) is 2.30. The first-order valence-electron chi connectivity index (χ1n) is 5.32. The summed E-state index contributed by atoms with van der Waals surface area (Å²) in [7, 11) is 1.57. The summed E-state index contributed by atoms with van der Waals surface area (Å²) in [6.45, 7) is 1.000. The molecule has 0 aliphatic carbocycles. The highest BCUT2D eigenvalue weighted by molar-refractivity contribution is 6.31. The Morgan fingerprint density at radius 1 is 1.41 bits per heavy atom. The second-order valence-corrected chi connectivity index (χ2v) is 4.03. The van der Waals surface area contributed by atoms with Gasteiger partial charge < -0.3 is 14.6 Å². The SMILES string of the molecule is COCCOCC(O)Cc1c(F)cccc1Cl. The lowest BCUT2D eigenvalue weighted by molar-refractivity contribution is 0.0134. The Morgan fingerprint density at radius 2 is 2.18 bits per heavy atom. The molecule has 3 nitrogen and oxygen atoms in total. The van der Waals surface area contributed by atoms with Gasteiger partial charge in [0.25, 0.3) is 0 Å². The molecule has 0 spiro atoms. The van der Waals surface area contributed by atoms with E-state index in [0.29, 0.717) is 23.8 Å². The van der Waals surface area contributed by atoms with Crippen molar-refractivity contribution in [2.24, 2.45) is 0 Å². The normalized spacial score (nSPS) is 12.7. The van der Waals surface area contributed by atoms with Crippen LogP contribution in [0.2, 0.25) is 5.02 Å². The summed E-state index contributed by atoms with van der Waals surface area (Å²) in [4.78, 5) is 0. The summed E-state index contributed by atoms with van der Waals surface area (Å²) in [6.07, 6.45) is -0.639. The monoisotopic (exact) mass is 262 g/mol. The van der Waals surface area contributed by atoms with Crippen LogP contribution in [0.3, 0.4) is 0 Å². The molecule has 1 aromatic rings. The lowest BCUT2D eigenvalue weighted by Gasteiger charge is -2.12. The lowest BCUT2D eigenvalue weighted by atomic mass is 10.1. The zero-order chi connectivity index (χ0) is 12.7. The minimum atomic E-state index is -0.777. The van der Waals surface area contributed by atoms with Gasteiger partial charge in [-0.2, -0.15) is 0 Å². The van der Waals surface area contributed by atoms with Crippen LogP contribution < -0.4 is 0 Å². The van der Waals surface area contributed by atoms with Crippen LogP contribution in [0.25, 0.3) is 0 Å². The molecule has 1 N–H and O–H groups in total. The standard InChI is InChI=1S/C12H16ClFO3/c1-16-5-6-17-8-9(15)7-10-11(13)3-2-4-12(10)14/h2-4,9,15H,5-8H2,1H3. The van der Waals surface area contributed by atoms with Crippen molar-refractivity contribution in [3.05, 3.63) is 34.6 Å². The number of aliphatic hydroxyl groups excluding tert-OH is 1. The third-order valence-corrected chi connectivity index (χ3v) is 2.60. The highest BCUT2D eigenvalue weighted by Crippen LogP contribution is 2.20. The van der Waals surface area contributed by atoms with Gasteiger partial charge in [0, 0.05) is 24.1 Å². The van der Waals surface area contributed by atoms with E-state index in [-0.39, 0.29) is 13.0 Å². The van der Waals surface area contributed by atoms with E-state index in [1.807, 2.05) is 0 Å². The first kappa shape index (κ1) is 14.4. The number of methoxy groups -OCH3 is 1. The Kier molecular flexibility index (Phi) is 6.44. The maximum Gasteiger partial charge on any atom is 0.127 e. The fourth-order valence-corrected chi connectivity index (χ4v) is 1.62. The molecule has 0 bridgehead atoms. The van der Waals surface area contributed by atoms with Crippen molar-refractivity contribution < 1.29 is 19.0 Å². The number of benzene rings is 1. The predicted molar refractivity (Wildman–Crippen MR) is 63.8 cm³/mol. The second-order valence-electron chi connectivity index (χ2n) is 3.63. The Bertz CT molecular complexity index is 326. The number of halogens is 2. The maximum absolute atomic E-state index is 13.4. The van der Waals surface area contributed by atoms with E-state index in [9.17, 15) is 9.50 Å². The summed E-state index contributed by atoms with van der Waals surface area (Å²) in [6, 6.07) is 4.45. The van der Waals surface area contributed by atoms with Crippen LogP contribution in [0.4, 0.5) is 4.39 Å². The third kappa shape index (κ3) is 5.00. The van der Waals surface area contributed by atoms with Gasteiger partial charge in [-0.15, -0.1) is 0 Å². The van der Waals surface area contributed by atoms with E-state index in [1.54, 1.807) is 13.2 Å². The van der Waals surface area contributed by atoms with E-state index in [0.717, 1.165) is 0 Å². The zero-order valence-electron chi connectivity index (χ0n) is 9.66.